The fourth-order valence-corrected chi connectivity index (χ4v) is 4.11. The van der Waals surface area contributed by atoms with Crippen LogP contribution in [0.4, 0.5) is 0 Å². The number of nitrogens with zero attached hydrogens (tertiary/aromatic N) is 2. The van der Waals surface area contributed by atoms with Crippen LogP contribution in [0.15, 0.2) is 76.9 Å². The molecule has 0 unspecified atom stereocenters. The van der Waals surface area contributed by atoms with Crippen LogP contribution in [0.2, 0.25) is 0 Å². The van der Waals surface area contributed by atoms with Crippen LogP contribution in [-0.2, 0) is 11.2 Å². The normalized spacial score (nSPS) is 18.5. The minimum Gasteiger partial charge on any atom is -0.303 e. The van der Waals surface area contributed by atoms with E-state index in [1.54, 1.807) is 6.21 Å². The fourth-order valence-electron chi connectivity index (χ4n) is 3.15. The second kappa shape index (κ2) is 7.76. The molecule has 1 atom stereocenters. The van der Waals surface area contributed by atoms with Crippen LogP contribution in [0.25, 0.3) is 10.8 Å². The third kappa shape index (κ3) is 4.09. The Morgan fingerprint density at radius 3 is 2.78 bits per heavy atom. The van der Waals surface area contributed by atoms with Gasteiger partial charge in [-0.1, -0.05) is 84.1 Å². The third-order valence-corrected chi connectivity index (χ3v) is 5.52. The monoisotopic (exact) mass is 373 g/mol. The number of aryl methyl sites for hydroxylation is 1. The average Bonchev–Trinajstić information content (AvgIpc) is 3.01. The molecule has 0 aliphatic carbocycles. The first-order valence-corrected chi connectivity index (χ1v) is 9.69. The molecule has 0 saturated carbocycles. The van der Waals surface area contributed by atoms with Gasteiger partial charge in [-0.05, 0) is 29.7 Å². The average molecular weight is 373 g/mol. The molecule has 3 aromatic carbocycles. The van der Waals surface area contributed by atoms with E-state index in [4.69, 9.17) is 0 Å². The van der Waals surface area contributed by atoms with E-state index in [9.17, 15) is 4.79 Å². The number of benzene rings is 3. The highest BCUT2D eigenvalue weighted by Gasteiger charge is 2.30. The SMILES string of the molecule is Cc1cccc(C[C@H]2S/C(=N/N=C\c3cccc4ccccc34)NC2=O)c1. The van der Waals surface area contributed by atoms with Gasteiger partial charge in [-0.15, -0.1) is 5.10 Å². The molecule has 1 aliphatic rings. The van der Waals surface area contributed by atoms with Gasteiger partial charge in [0.1, 0.15) is 0 Å². The van der Waals surface area contributed by atoms with E-state index in [2.05, 4.69) is 58.8 Å². The molecule has 0 radical (unpaired) electrons. The van der Waals surface area contributed by atoms with E-state index in [1.807, 2.05) is 30.3 Å². The molecule has 0 aromatic heterocycles. The maximum atomic E-state index is 12.2. The molecule has 1 N–H and O–H groups in total. The highest BCUT2D eigenvalue weighted by Crippen LogP contribution is 2.24. The van der Waals surface area contributed by atoms with Crippen LogP contribution in [0.5, 0.6) is 0 Å². The highest BCUT2D eigenvalue weighted by atomic mass is 32.2. The van der Waals surface area contributed by atoms with Crippen LogP contribution >= 0.6 is 11.8 Å². The smallest absolute Gasteiger partial charge is 0.239 e. The van der Waals surface area contributed by atoms with Crippen molar-refractivity contribution < 1.29 is 4.79 Å². The van der Waals surface area contributed by atoms with Crippen LogP contribution in [0.3, 0.4) is 0 Å². The van der Waals surface area contributed by atoms with Crippen LogP contribution in [0.1, 0.15) is 16.7 Å². The van der Waals surface area contributed by atoms with Gasteiger partial charge in [-0.25, -0.2) is 0 Å². The molecule has 1 fully saturated rings. The second-order valence-corrected chi connectivity index (χ2v) is 7.70. The van der Waals surface area contributed by atoms with Gasteiger partial charge in [0.2, 0.25) is 5.91 Å². The summed E-state index contributed by atoms with van der Waals surface area (Å²) in [6.45, 7) is 2.06. The number of hydrogen-bond donors (Lipinski definition) is 1. The molecule has 0 bridgehead atoms. The summed E-state index contributed by atoms with van der Waals surface area (Å²) in [4.78, 5) is 12.2. The number of carbonyl (C=O) groups is 1. The van der Waals surface area contributed by atoms with Gasteiger partial charge in [0.25, 0.3) is 0 Å². The number of amidine groups is 1. The van der Waals surface area contributed by atoms with Crippen molar-refractivity contribution in [3.8, 4) is 0 Å². The van der Waals surface area contributed by atoms with Crippen molar-refractivity contribution in [3.05, 3.63) is 83.4 Å². The van der Waals surface area contributed by atoms with E-state index < -0.39 is 0 Å². The summed E-state index contributed by atoms with van der Waals surface area (Å²) in [5, 5.41) is 13.9. The third-order valence-electron chi connectivity index (χ3n) is 4.45. The molecule has 1 saturated heterocycles. The quantitative estimate of drug-likeness (QED) is 0.547. The van der Waals surface area contributed by atoms with Gasteiger partial charge in [0.05, 0.1) is 11.5 Å². The van der Waals surface area contributed by atoms with Gasteiger partial charge in [0.15, 0.2) is 5.17 Å². The highest BCUT2D eigenvalue weighted by molar-refractivity contribution is 8.15. The van der Waals surface area contributed by atoms with Crippen molar-refractivity contribution in [2.45, 2.75) is 18.6 Å². The first-order valence-electron chi connectivity index (χ1n) is 8.81. The number of nitrogens with one attached hydrogen (secondary N) is 1. The maximum absolute atomic E-state index is 12.2. The molecule has 4 rings (SSSR count). The summed E-state index contributed by atoms with van der Waals surface area (Å²) in [5.74, 6) is -0.0133. The zero-order chi connectivity index (χ0) is 18.6. The number of carbonyl (C=O) groups excluding carboxylic acids is 1. The first-order chi connectivity index (χ1) is 13.2. The molecule has 1 aliphatic heterocycles. The van der Waals surface area contributed by atoms with Gasteiger partial charge >= 0.3 is 0 Å². The Morgan fingerprint density at radius 1 is 1.07 bits per heavy atom. The topological polar surface area (TPSA) is 53.8 Å². The predicted octanol–water partition coefficient (Wildman–Crippen LogP) is 4.31. The van der Waals surface area contributed by atoms with Crippen molar-refractivity contribution in [2.24, 2.45) is 10.2 Å². The molecule has 27 heavy (non-hydrogen) atoms. The van der Waals surface area contributed by atoms with Crippen molar-refractivity contribution in [1.29, 1.82) is 0 Å². The van der Waals surface area contributed by atoms with E-state index in [0.29, 0.717) is 11.6 Å². The second-order valence-electron chi connectivity index (χ2n) is 6.51. The predicted molar refractivity (Wildman–Crippen MR) is 113 cm³/mol. The van der Waals surface area contributed by atoms with Crippen molar-refractivity contribution in [2.75, 3.05) is 0 Å². The fraction of sp³-hybridized carbons (Fsp3) is 0.136. The van der Waals surface area contributed by atoms with Crippen LogP contribution in [-0.4, -0.2) is 22.5 Å². The number of hydrogen-bond acceptors (Lipinski definition) is 4. The summed E-state index contributed by atoms with van der Waals surface area (Å²) in [6, 6.07) is 22.5. The Bertz CT molecular complexity index is 1050. The maximum Gasteiger partial charge on any atom is 0.239 e. The first kappa shape index (κ1) is 17.5. The van der Waals surface area contributed by atoms with E-state index in [-0.39, 0.29) is 11.2 Å². The molecule has 5 heteroatoms. The summed E-state index contributed by atoms with van der Waals surface area (Å²) >= 11 is 1.43. The minimum atomic E-state index is -0.168. The van der Waals surface area contributed by atoms with Crippen LogP contribution in [0, 0.1) is 6.92 Å². The standard InChI is InChI=1S/C22H19N3OS/c1-15-6-4-7-16(12-15)13-20-21(26)24-22(27-20)25-23-14-18-10-5-9-17-8-2-3-11-19(17)18/h2-12,14,20H,13H2,1H3,(H,24,25,26)/b23-14-/t20-/m1/s1. The van der Waals surface area contributed by atoms with E-state index >= 15 is 0 Å². The Morgan fingerprint density at radius 2 is 1.89 bits per heavy atom. The number of thioether (sulfide) groups is 1. The number of fused-ring (bicyclic) bond motifs is 1. The Hall–Kier alpha value is -2.92. The van der Waals surface area contributed by atoms with Crippen molar-refractivity contribution in [3.63, 3.8) is 0 Å². The van der Waals surface area contributed by atoms with Crippen molar-refractivity contribution in [1.82, 2.24) is 5.32 Å². The lowest BCUT2D eigenvalue weighted by molar-refractivity contribution is -0.118. The van der Waals surface area contributed by atoms with Crippen LogP contribution < -0.4 is 5.32 Å². The van der Waals surface area contributed by atoms with Gasteiger partial charge < -0.3 is 5.32 Å². The van der Waals surface area contributed by atoms with E-state index in [0.717, 1.165) is 21.9 Å². The molecule has 134 valence electrons. The van der Waals surface area contributed by atoms with Crippen molar-refractivity contribution >= 4 is 39.8 Å². The summed E-state index contributed by atoms with van der Waals surface area (Å²) in [7, 11) is 0. The summed E-state index contributed by atoms with van der Waals surface area (Å²) in [6.07, 6.45) is 2.42. The van der Waals surface area contributed by atoms with Gasteiger partial charge in [-0.2, -0.15) is 5.10 Å². The molecule has 0 spiro atoms. The molecule has 1 amide bonds. The largest absolute Gasteiger partial charge is 0.303 e. The number of rotatable bonds is 4. The Kier molecular flexibility index (Phi) is 5.03. The summed E-state index contributed by atoms with van der Waals surface area (Å²) in [5.41, 5.74) is 3.36. The lowest BCUT2D eigenvalue weighted by Gasteiger charge is -2.05. The molecule has 4 nitrogen and oxygen atoms in total. The molecule has 3 aromatic rings. The Labute approximate surface area is 162 Å². The lowest BCUT2D eigenvalue weighted by Crippen LogP contribution is -2.25. The molecular formula is C22H19N3OS. The molecule has 1 heterocycles. The van der Waals surface area contributed by atoms with Gasteiger partial charge in [-0.3, -0.25) is 4.79 Å². The molecular weight excluding hydrogens is 354 g/mol. The van der Waals surface area contributed by atoms with E-state index in [1.165, 1.54) is 17.3 Å². The minimum absolute atomic E-state index is 0.0133. The Balaban J connectivity index is 1.47. The zero-order valence-corrected chi connectivity index (χ0v) is 15.7. The van der Waals surface area contributed by atoms with Gasteiger partial charge in [0, 0.05) is 5.56 Å². The summed E-state index contributed by atoms with van der Waals surface area (Å²) < 4.78 is 0. The zero-order valence-electron chi connectivity index (χ0n) is 14.9. The lowest BCUT2D eigenvalue weighted by atomic mass is 10.1. The number of amides is 1.